The van der Waals surface area contributed by atoms with Crippen molar-refractivity contribution < 1.29 is 4.74 Å². The number of nitrogens with two attached hydrogens (primary N) is 1. The lowest BCUT2D eigenvalue weighted by Crippen LogP contribution is -1.93. The third kappa shape index (κ3) is 1.99. The lowest BCUT2D eigenvalue weighted by molar-refractivity contribution is 0.417. The minimum Gasteiger partial charge on any atom is -0.495 e. The van der Waals surface area contributed by atoms with Crippen molar-refractivity contribution in [3.63, 3.8) is 0 Å². The molecule has 0 saturated heterocycles. The summed E-state index contributed by atoms with van der Waals surface area (Å²) in [6, 6.07) is 14.0. The standard InChI is InChI=1S/C16H14N2O/c1-19-16-7-6-11(8-15(16)17)14-10-18-9-12-4-2-3-5-13(12)14/h2-10H,17H2,1H3. The molecule has 0 unspecified atom stereocenters. The van der Waals surface area contributed by atoms with Gasteiger partial charge in [0.05, 0.1) is 12.8 Å². The second-order valence-corrected chi connectivity index (χ2v) is 4.36. The van der Waals surface area contributed by atoms with Gasteiger partial charge in [0.15, 0.2) is 0 Å². The van der Waals surface area contributed by atoms with Crippen molar-refractivity contribution in [3.05, 3.63) is 54.9 Å². The highest BCUT2D eigenvalue weighted by atomic mass is 16.5. The lowest BCUT2D eigenvalue weighted by atomic mass is 10.0. The van der Waals surface area contributed by atoms with E-state index in [1.807, 2.05) is 42.7 Å². The Hall–Kier alpha value is -2.55. The van der Waals surface area contributed by atoms with Crippen LogP contribution in [0.4, 0.5) is 5.69 Å². The van der Waals surface area contributed by atoms with Crippen molar-refractivity contribution >= 4 is 16.5 Å². The SMILES string of the molecule is COc1ccc(-c2cncc3ccccc23)cc1N. The molecule has 0 aliphatic carbocycles. The zero-order valence-electron chi connectivity index (χ0n) is 10.6. The van der Waals surface area contributed by atoms with Crippen LogP contribution < -0.4 is 10.5 Å². The third-order valence-electron chi connectivity index (χ3n) is 3.21. The van der Waals surface area contributed by atoms with E-state index < -0.39 is 0 Å². The predicted octanol–water partition coefficient (Wildman–Crippen LogP) is 3.49. The third-order valence-corrected chi connectivity index (χ3v) is 3.21. The monoisotopic (exact) mass is 250 g/mol. The van der Waals surface area contributed by atoms with Crippen molar-refractivity contribution in [1.29, 1.82) is 0 Å². The molecule has 2 aromatic carbocycles. The summed E-state index contributed by atoms with van der Waals surface area (Å²) < 4.78 is 5.18. The zero-order valence-corrected chi connectivity index (χ0v) is 10.6. The van der Waals surface area contributed by atoms with Gasteiger partial charge in [-0.15, -0.1) is 0 Å². The highest BCUT2D eigenvalue weighted by Crippen LogP contribution is 2.32. The molecule has 0 aliphatic rings. The molecule has 3 rings (SSSR count). The Balaban J connectivity index is 2.22. The molecule has 3 heteroatoms. The van der Waals surface area contributed by atoms with Crippen LogP contribution in [0.2, 0.25) is 0 Å². The van der Waals surface area contributed by atoms with Crippen LogP contribution >= 0.6 is 0 Å². The van der Waals surface area contributed by atoms with Crippen molar-refractivity contribution in [2.24, 2.45) is 0 Å². The largest absolute Gasteiger partial charge is 0.495 e. The Morgan fingerprint density at radius 3 is 2.68 bits per heavy atom. The molecule has 0 radical (unpaired) electrons. The van der Waals surface area contributed by atoms with Crippen LogP contribution in [0, 0.1) is 0 Å². The second kappa shape index (κ2) is 4.61. The van der Waals surface area contributed by atoms with E-state index in [1.165, 1.54) is 5.39 Å². The molecule has 1 heterocycles. The Bertz CT molecular complexity index is 732. The van der Waals surface area contributed by atoms with Gasteiger partial charge in [0.2, 0.25) is 0 Å². The fraction of sp³-hybridized carbons (Fsp3) is 0.0625. The summed E-state index contributed by atoms with van der Waals surface area (Å²) in [5.41, 5.74) is 8.72. The number of nitrogen functional groups attached to an aromatic ring is 1. The summed E-state index contributed by atoms with van der Waals surface area (Å²) in [6.45, 7) is 0. The second-order valence-electron chi connectivity index (χ2n) is 4.36. The summed E-state index contributed by atoms with van der Waals surface area (Å²) in [7, 11) is 1.62. The molecular weight excluding hydrogens is 236 g/mol. The van der Waals surface area contributed by atoms with Crippen LogP contribution in [-0.2, 0) is 0 Å². The summed E-state index contributed by atoms with van der Waals surface area (Å²) >= 11 is 0. The highest BCUT2D eigenvalue weighted by molar-refractivity contribution is 5.96. The van der Waals surface area contributed by atoms with E-state index in [1.54, 1.807) is 7.11 Å². The van der Waals surface area contributed by atoms with Crippen molar-refractivity contribution in [2.75, 3.05) is 12.8 Å². The zero-order chi connectivity index (χ0) is 13.2. The molecule has 2 N–H and O–H groups in total. The number of anilines is 1. The highest BCUT2D eigenvalue weighted by Gasteiger charge is 2.06. The van der Waals surface area contributed by atoms with E-state index in [2.05, 4.69) is 17.1 Å². The molecule has 1 aromatic heterocycles. The summed E-state index contributed by atoms with van der Waals surface area (Å²) in [6.07, 6.45) is 3.73. The Labute approximate surface area is 111 Å². The van der Waals surface area contributed by atoms with Crippen LogP contribution in [0.3, 0.4) is 0 Å². The van der Waals surface area contributed by atoms with Gasteiger partial charge < -0.3 is 10.5 Å². The maximum absolute atomic E-state index is 5.97. The molecule has 0 spiro atoms. The number of fused-ring (bicyclic) bond motifs is 1. The van der Waals surface area contributed by atoms with Gasteiger partial charge >= 0.3 is 0 Å². The quantitative estimate of drug-likeness (QED) is 0.708. The molecular formula is C16H14N2O. The number of benzene rings is 2. The number of aromatic nitrogens is 1. The number of pyridine rings is 1. The van der Waals surface area contributed by atoms with E-state index in [0.29, 0.717) is 11.4 Å². The first-order valence-corrected chi connectivity index (χ1v) is 6.06. The van der Waals surface area contributed by atoms with Crippen LogP contribution in [0.1, 0.15) is 0 Å². The van der Waals surface area contributed by atoms with Gasteiger partial charge in [-0.2, -0.15) is 0 Å². The normalized spacial score (nSPS) is 10.6. The van der Waals surface area contributed by atoms with E-state index in [4.69, 9.17) is 10.5 Å². The molecule has 94 valence electrons. The number of hydrogen-bond acceptors (Lipinski definition) is 3. The van der Waals surface area contributed by atoms with Crippen LogP contribution in [-0.4, -0.2) is 12.1 Å². The first-order valence-electron chi connectivity index (χ1n) is 6.06. The summed E-state index contributed by atoms with van der Waals surface area (Å²) in [5, 5.41) is 2.29. The molecule has 0 atom stereocenters. The van der Waals surface area contributed by atoms with Gasteiger partial charge in [-0.3, -0.25) is 4.98 Å². The Kier molecular flexibility index (Phi) is 2.80. The summed E-state index contributed by atoms with van der Waals surface area (Å²) in [4.78, 5) is 4.29. The van der Waals surface area contributed by atoms with Crippen LogP contribution in [0.15, 0.2) is 54.9 Å². The van der Waals surface area contributed by atoms with Gasteiger partial charge in [0.1, 0.15) is 5.75 Å². The molecule has 3 aromatic rings. The van der Waals surface area contributed by atoms with Gasteiger partial charge in [-0.25, -0.2) is 0 Å². The minimum atomic E-state index is 0.632. The molecule has 3 nitrogen and oxygen atoms in total. The van der Waals surface area contributed by atoms with Gasteiger partial charge in [0, 0.05) is 23.3 Å². The predicted molar refractivity (Wildman–Crippen MR) is 78.1 cm³/mol. The number of hydrogen-bond donors (Lipinski definition) is 1. The topological polar surface area (TPSA) is 48.1 Å². The van der Waals surface area contributed by atoms with E-state index in [-0.39, 0.29) is 0 Å². The molecule has 0 bridgehead atoms. The lowest BCUT2D eigenvalue weighted by Gasteiger charge is -2.09. The Morgan fingerprint density at radius 2 is 1.89 bits per heavy atom. The van der Waals surface area contributed by atoms with E-state index in [9.17, 15) is 0 Å². The first kappa shape index (κ1) is 11.5. The maximum Gasteiger partial charge on any atom is 0.141 e. The molecule has 19 heavy (non-hydrogen) atoms. The molecule has 0 aliphatic heterocycles. The van der Waals surface area contributed by atoms with Crippen molar-refractivity contribution in [2.45, 2.75) is 0 Å². The average molecular weight is 250 g/mol. The number of rotatable bonds is 2. The van der Waals surface area contributed by atoms with Crippen molar-refractivity contribution in [3.8, 4) is 16.9 Å². The first-order chi connectivity index (χ1) is 9.29. The fourth-order valence-corrected chi connectivity index (χ4v) is 2.25. The molecule has 0 amide bonds. The smallest absolute Gasteiger partial charge is 0.141 e. The maximum atomic E-state index is 5.97. The van der Waals surface area contributed by atoms with Crippen LogP contribution in [0.25, 0.3) is 21.9 Å². The minimum absolute atomic E-state index is 0.632. The van der Waals surface area contributed by atoms with Gasteiger partial charge in [-0.1, -0.05) is 30.3 Å². The number of nitrogens with zero attached hydrogens (tertiary/aromatic N) is 1. The average Bonchev–Trinajstić information content (AvgIpc) is 2.46. The van der Waals surface area contributed by atoms with Gasteiger partial charge in [0.25, 0.3) is 0 Å². The number of methoxy groups -OCH3 is 1. The number of ether oxygens (including phenoxy) is 1. The van der Waals surface area contributed by atoms with Gasteiger partial charge in [-0.05, 0) is 23.1 Å². The molecule has 0 fully saturated rings. The van der Waals surface area contributed by atoms with E-state index in [0.717, 1.165) is 16.5 Å². The summed E-state index contributed by atoms with van der Waals surface area (Å²) in [5.74, 6) is 0.692. The fourth-order valence-electron chi connectivity index (χ4n) is 2.25. The van der Waals surface area contributed by atoms with E-state index >= 15 is 0 Å². The Morgan fingerprint density at radius 1 is 1.05 bits per heavy atom. The van der Waals surface area contributed by atoms with Crippen LogP contribution in [0.5, 0.6) is 5.75 Å². The van der Waals surface area contributed by atoms with Crippen molar-refractivity contribution in [1.82, 2.24) is 4.98 Å². The molecule has 0 saturated carbocycles.